The maximum Gasteiger partial charge on any atom is 0.163 e. The van der Waals surface area contributed by atoms with Gasteiger partial charge in [0.1, 0.15) is 11.3 Å². The fourth-order valence-electron chi connectivity index (χ4n) is 7.15. The molecule has 0 saturated carbocycles. The first kappa shape index (κ1) is 32.1. The molecule has 0 bridgehead atoms. The van der Waals surface area contributed by atoms with Crippen molar-refractivity contribution >= 4 is 21.9 Å². The van der Waals surface area contributed by atoms with Gasteiger partial charge in [0.05, 0.1) is 39.2 Å². The number of nitrogens with zero attached hydrogens (tertiary/aromatic N) is 5. The van der Waals surface area contributed by atoms with Crippen LogP contribution in [0.2, 0.25) is 0 Å². The van der Waals surface area contributed by atoms with Crippen LogP contribution < -0.4 is 0 Å². The molecule has 0 aliphatic rings. The van der Waals surface area contributed by atoms with E-state index >= 15 is 0 Å². The van der Waals surface area contributed by atoms with E-state index in [-0.39, 0.29) is 0 Å². The van der Waals surface area contributed by atoms with Crippen molar-refractivity contribution in [2.24, 2.45) is 0 Å². The normalized spacial score (nSPS) is 11.3. The van der Waals surface area contributed by atoms with Gasteiger partial charge < -0.3 is 4.42 Å². The Labute approximate surface area is 317 Å². The minimum Gasteiger partial charge on any atom is -0.453 e. The maximum atomic E-state index is 6.77. The lowest BCUT2D eigenvalue weighted by molar-refractivity contribution is 0.632. The average Bonchev–Trinajstić information content (AvgIpc) is 3.69. The van der Waals surface area contributed by atoms with E-state index in [1.165, 1.54) is 0 Å². The number of aromatic nitrogens is 5. The van der Waals surface area contributed by atoms with Crippen molar-refractivity contribution < 1.29 is 4.42 Å². The molecular weight excluding hydrogens is 675 g/mol. The van der Waals surface area contributed by atoms with Crippen molar-refractivity contribution in [3.8, 4) is 79.0 Å². The molecule has 5 aromatic carbocycles. The lowest BCUT2D eigenvalue weighted by Gasteiger charge is -2.11. The molecule has 6 heteroatoms. The van der Waals surface area contributed by atoms with E-state index in [4.69, 9.17) is 24.4 Å². The molecular formula is C49H31N5O. The third-order valence-electron chi connectivity index (χ3n) is 9.84. The van der Waals surface area contributed by atoms with E-state index < -0.39 is 0 Å². The molecule has 0 amide bonds. The first-order chi connectivity index (χ1) is 27.3. The number of benzene rings is 5. The van der Waals surface area contributed by atoms with Crippen molar-refractivity contribution in [3.05, 3.63) is 188 Å². The van der Waals surface area contributed by atoms with Crippen LogP contribution in [0.5, 0.6) is 0 Å². The van der Waals surface area contributed by atoms with Crippen molar-refractivity contribution in [3.63, 3.8) is 0 Å². The summed E-state index contributed by atoms with van der Waals surface area (Å²) in [6.07, 6.45) is 3.59. The molecule has 5 heterocycles. The van der Waals surface area contributed by atoms with Gasteiger partial charge in [0.2, 0.25) is 0 Å². The molecule has 258 valence electrons. The molecule has 0 unspecified atom stereocenters. The summed E-state index contributed by atoms with van der Waals surface area (Å²) in [5.41, 5.74) is 12.8. The first-order valence-corrected chi connectivity index (χ1v) is 18.2. The number of pyridine rings is 3. The van der Waals surface area contributed by atoms with E-state index in [1.807, 2.05) is 103 Å². The van der Waals surface area contributed by atoms with Gasteiger partial charge in [0.25, 0.3) is 0 Å². The van der Waals surface area contributed by atoms with Gasteiger partial charge in [-0.3, -0.25) is 9.97 Å². The van der Waals surface area contributed by atoms with Crippen LogP contribution in [-0.2, 0) is 0 Å². The van der Waals surface area contributed by atoms with E-state index in [1.54, 1.807) is 12.4 Å². The Morgan fingerprint density at radius 1 is 0.382 bits per heavy atom. The van der Waals surface area contributed by atoms with Gasteiger partial charge in [0, 0.05) is 40.0 Å². The van der Waals surface area contributed by atoms with Crippen LogP contribution in [0, 0.1) is 0 Å². The predicted molar refractivity (Wildman–Crippen MR) is 221 cm³/mol. The molecule has 10 rings (SSSR count). The van der Waals surface area contributed by atoms with Gasteiger partial charge in [-0.05, 0) is 53.6 Å². The summed E-state index contributed by atoms with van der Waals surface area (Å²) >= 11 is 0. The Kier molecular flexibility index (Phi) is 8.04. The fraction of sp³-hybridized carbons (Fsp3) is 0. The lowest BCUT2D eigenvalue weighted by atomic mass is 9.96. The molecule has 55 heavy (non-hydrogen) atoms. The Bertz CT molecular complexity index is 2870. The molecule has 0 aliphatic heterocycles. The minimum absolute atomic E-state index is 0.667. The van der Waals surface area contributed by atoms with Gasteiger partial charge in [-0.15, -0.1) is 0 Å². The second kappa shape index (κ2) is 13.8. The summed E-state index contributed by atoms with van der Waals surface area (Å²) in [5, 5.41) is 1.84. The number of hydrogen-bond donors (Lipinski definition) is 0. The largest absolute Gasteiger partial charge is 0.453 e. The van der Waals surface area contributed by atoms with Crippen molar-refractivity contribution in [2.75, 3.05) is 0 Å². The van der Waals surface area contributed by atoms with Crippen LogP contribution in [-0.4, -0.2) is 24.9 Å². The summed E-state index contributed by atoms with van der Waals surface area (Å²) in [4.78, 5) is 24.6. The summed E-state index contributed by atoms with van der Waals surface area (Å²) in [7, 11) is 0. The number of para-hydroxylation sites is 1. The zero-order chi connectivity index (χ0) is 36.6. The van der Waals surface area contributed by atoms with Gasteiger partial charge in [-0.25, -0.2) is 15.0 Å². The minimum atomic E-state index is 0.667. The van der Waals surface area contributed by atoms with E-state index in [0.717, 1.165) is 89.3 Å². The molecule has 6 nitrogen and oxygen atoms in total. The van der Waals surface area contributed by atoms with Gasteiger partial charge >= 0.3 is 0 Å². The molecule has 0 spiro atoms. The van der Waals surface area contributed by atoms with Gasteiger partial charge in [-0.2, -0.15) is 0 Å². The Balaban J connectivity index is 1.05. The molecule has 10 aromatic rings. The highest BCUT2D eigenvalue weighted by Gasteiger charge is 2.25. The summed E-state index contributed by atoms with van der Waals surface area (Å²) in [6.45, 7) is 0. The number of fused-ring (bicyclic) bond motifs is 3. The highest BCUT2D eigenvalue weighted by Crippen LogP contribution is 2.45. The number of hydrogen-bond acceptors (Lipinski definition) is 6. The van der Waals surface area contributed by atoms with Crippen molar-refractivity contribution in [2.45, 2.75) is 0 Å². The molecule has 0 atom stereocenters. The van der Waals surface area contributed by atoms with Crippen LogP contribution in [0.15, 0.2) is 193 Å². The molecule has 0 fully saturated rings. The monoisotopic (exact) mass is 705 g/mol. The molecule has 0 radical (unpaired) electrons. The quantitative estimate of drug-likeness (QED) is 0.164. The molecule has 0 aliphatic carbocycles. The topological polar surface area (TPSA) is 77.6 Å². The van der Waals surface area contributed by atoms with E-state index in [2.05, 4.69) is 77.8 Å². The standard InChI is InChI=1S/C49H31N5O/c1-3-13-34(14-4-1)42-31-43(54-49(53-42)37-15-5-2-6-16-37)35-25-21-32(22-26-35)33-23-27-36(28-24-33)46-45-44(40-19-9-11-29-50-40)48(41-20-10-12-30-51-41)55-47(45)38-17-7-8-18-39(38)52-46/h1-31H. The van der Waals surface area contributed by atoms with Crippen molar-refractivity contribution in [1.82, 2.24) is 24.9 Å². The zero-order valence-electron chi connectivity index (χ0n) is 29.5. The number of rotatable bonds is 7. The predicted octanol–water partition coefficient (Wildman–Crippen LogP) is 12.2. The van der Waals surface area contributed by atoms with Crippen LogP contribution in [0.3, 0.4) is 0 Å². The van der Waals surface area contributed by atoms with Crippen LogP contribution in [0.4, 0.5) is 0 Å². The summed E-state index contributed by atoms with van der Waals surface area (Å²) in [6, 6.07) is 59.5. The third kappa shape index (κ3) is 6.02. The van der Waals surface area contributed by atoms with Crippen LogP contribution in [0.25, 0.3) is 101 Å². The Morgan fingerprint density at radius 3 is 1.55 bits per heavy atom. The van der Waals surface area contributed by atoms with Crippen LogP contribution >= 0.6 is 0 Å². The third-order valence-corrected chi connectivity index (χ3v) is 9.84. The molecule has 0 saturated heterocycles. The van der Waals surface area contributed by atoms with Crippen molar-refractivity contribution in [1.29, 1.82) is 0 Å². The molecule has 0 N–H and O–H groups in total. The summed E-state index contributed by atoms with van der Waals surface area (Å²) < 4.78 is 6.77. The Morgan fingerprint density at radius 2 is 0.909 bits per heavy atom. The summed E-state index contributed by atoms with van der Waals surface area (Å²) in [5.74, 6) is 1.37. The fourth-order valence-corrected chi connectivity index (χ4v) is 7.15. The highest BCUT2D eigenvalue weighted by molar-refractivity contribution is 6.16. The lowest BCUT2D eigenvalue weighted by Crippen LogP contribution is -1.95. The van der Waals surface area contributed by atoms with E-state index in [0.29, 0.717) is 11.6 Å². The second-order valence-electron chi connectivity index (χ2n) is 13.3. The Hall–Kier alpha value is -7.57. The molecule has 5 aromatic heterocycles. The average molecular weight is 706 g/mol. The first-order valence-electron chi connectivity index (χ1n) is 18.2. The zero-order valence-corrected chi connectivity index (χ0v) is 29.5. The smallest absolute Gasteiger partial charge is 0.163 e. The van der Waals surface area contributed by atoms with Crippen LogP contribution in [0.1, 0.15) is 0 Å². The SMILES string of the molecule is c1ccc(-c2cc(-c3ccc(-c4ccc(-c5nc6ccccc6c6oc(-c7ccccn7)c(-c7ccccn7)c56)cc4)cc3)nc(-c3ccccc3)n2)cc1. The highest BCUT2D eigenvalue weighted by atomic mass is 16.3. The van der Waals surface area contributed by atoms with Gasteiger partial charge in [0.15, 0.2) is 11.6 Å². The number of furan rings is 1. The maximum absolute atomic E-state index is 6.77. The van der Waals surface area contributed by atoms with E-state index in [9.17, 15) is 0 Å². The second-order valence-corrected chi connectivity index (χ2v) is 13.3. The van der Waals surface area contributed by atoms with Gasteiger partial charge in [-0.1, -0.05) is 133 Å².